The highest BCUT2D eigenvalue weighted by atomic mass is 35.5. The van der Waals surface area contributed by atoms with Crippen LogP contribution in [-0.2, 0) is 21.6 Å². The predicted molar refractivity (Wildman–Crippen MR) is 102 cm³/mol. The lowest BCUT2D eigenvalue weighted by Gasteiger charge is -2.28. The summed E-state index contributed by atoms with van der Waals surface area (Å²) in [4.78, 5) is -0.434. The van der Waals surface area contributed by atoms with Gasteiger partial charge in [-0.05, 0) is 24.1 Å². The minimum atomic E-state index is -4.63. The molecule has 0 radical (unpaired) electrons. The Hall–Kier alpha value is -1.65. The molecule has 0 spiro atoms. The number of nitrogens with zero attached hydrogens (tertiary/aromatic N) is 3. The summed E-state index contributed by atoms with van der Waals surface area (Å²) in [5, 5.41) is 7.47. The number of sulfonamides is 1. The molecule has 1 aromatic carbocycles. The fourth-order valence-corrected chi connectivity index (χ4v) is 4.67. The van der Waals surface area contributed by atoms with Gasteiger partial charge in [-0.15, -0.1) is 10.2 Å². The van der Waals surface area contributed by atoms with Crippen molar-refractivity contribution in [2.75, 3.05) is 7.05 Å². The Labute approximate surface area is 173 Å². The molecule has 0 amide bonds. The maximum absolute atomic E-state index is 13.1. The third-order valence-corrected chi connectivity index (χ3v) is 6.60. The first-order chi connectivity index (χ1) is 13.1. The molecule has 1 unspecified atom stereocenters. The number of halogens is 4. The van der Waals surface area contributed by atoms with Crippen LogP contribution in [0.4, 0.5) is 13.2 Å². The molecule has 6 nitrogen and oxygen atoms in total. The van der Waals surface area contributed by atoms with Gasteiger partial charge >= 0.3 is 6.18 Å². The van der Waals surface area contributed by atoms with Crippen LogP contribution in [0.5, 0.6) is 0 Å². The van der Waals surface area contributed by atoms with E-state index in [0.717, 1.165) is 10.4 Å². The summed E-state index contributed by atoms with van der Waals surface area (Å²) < 4.78 is 71.5. The summed E-state index contributed by atoms with van der Waals surface area (Å²) in [5.41, 5.74) is -1.46. The van der Waals surface area contributed by atoms with Crippen molar-refractivity contribution in [1.82, 2.24) is 14.5 Å². The zero-order valence-corrected chi connectivity index (χ0v) is 18.4. The Balaban J connectivity index is 2.49. The van der Waals surface area contributed by atoms with E-state index in [0.29, 0.717) is 18.0 Å². The Kier molecular flexibility index (Phi) is 6.42. The van der Waals surface area contributed by atoms with Crippen LogP contribution in [0.25, 0.3) is 0 Å². The SMILES string of the molecule is CC(C)C(c1nnc(C(C)(C)C)o1)N(C)S(=O)(=O)c1ccc(C(F)(F)F)cc1Cl. The number of hydrogen-bond donors (Lipinski definition) is 0. The van der Waals surface area contributed by atoms with Crippen molar-refractivity contribution in [1.29, 1.82) is 0 Å². The second-order valence-electron chi connectivity index (χ2n) is 8.05. The lowest BCUT2D eigenvalue weighted by atomic mass is 9.97. The highest BCUT2D eigenvalue weighted by Gasteiger charge is 2.38. The molecule has 0 N–H and O–H groups in total. The van der Waals surface area contributed by atoms with Gasteiger partial charge in [-0.3, -0.25) is 0 Å². The first-order valence-corrected chi connectivity index (χ1v) is 10.6. The third-order valence-electron chi connectivity index (χ3n) is 4.27. The van der Waals surface area contributed by atoms with E-state index in [1.807, 2.05) is 20.8 Å². The Bertz CT molecular complexity index is 982. The summed E-state index contributed by atoms with van der Waals surface area (Å²) >= 11 is 5.90. The molecule has 1 atom stereocenters. The number of rotatable bonds is 5. The zero-order valence-electron chi connectivity index (χ0n) is 16.9. The highest BCUT2D eigenvalue weighted by Crippen LogP contribution is 2.37. The molecule has 2 aromatic rings. The molecule has 0 bridgehead atoms. The van der Waals surface area contributed by atoms with Crippen molar-refractivity contribution < 1.29 is 26.0 Å². The quantitative estimate of drug-likeness (QED) is 0.632. The van der Waals surface area contributed by atoms with Crippen molar-refractivity contribution in [3.8, 4) is 0 Å². The summed E-state index contributed by atoms with van der Waals surface area (Å²) in [6.07, 6.45) is -4.63. The standard InChI is InChI=1S/C18H23ClF3N3O3S/c1-10(2)14(15-23-24-16(28-15)17(3,4)5)25(6)29(26,27)13-8-7-11(9-12(13)19)18(20,21)22/h7-10,14H,1-6H3. The Morgan fingerprint density at radius 3 is 2.14 bits per heavy atom. The number of hydrogen-bond acceptors (Lipinski definition) is 5. The topological polar surface area (TPSA) is 76.3 Å². The average Bonchev–Trinajstić information content (AvgIpc) is 3.03. The second kappa shape index (κ2) is 7.88. The fraction of sp³-hybridized carbons (Fsp3) is 0.556. The molecule has 1 aromatic heterocycles. The number of alkyl halides is 3. The van der Waals surface area contributed by atoms with Gasteiger partial charge in [0, 0.05) is 12.5 Å². The van der Waals surface area contributed by atoms with Crippen LogP contribution in [-0.4, -0.2) is 30.0 Å². The average molecular weight is 454 g/mol. The normalized spacial score (nSPS) is 14.6. The number of benzene rings is 1. The fourth-order valence-electron chi connectivity index (χ4n) is 2.71. The second-order valence-corrected chi connectivity index (χ2v) is 10.4. The molecule has 29 heavy (non-hydrogen) atoms. The minimum absolute atomic E-state index is 0.0963. The van der Waals surface area contributed by atoms with E-state index in [1.54, 1.807) is 13.8 Å². The molecular formula is C18H23ClF3N3O3S. The van der Waals surface area contributed by atoms with Gasteiger partial charge in [0.2, 0.25) is 21.8 Å². The van der Waals surface area contributed by atoms with E-state index >= 15 is 0 Å². The Morgan fingerprint density at radius 1 is 1.14 bits per heavy atom. The van der Waals surface area contributed by atoms with E-state index in [4.69, 9.17) is 16.0 Å². The van der Waals surface area contributed by atoms with E-state index in [-0.39, 0.29) is 11.8 Å². The smallest absolute Gasteiger partial charge is 0.416 e. The van der Waals surface area contributed by atoms with Crippen LogP contribution in [0.2, 0.25) is 5.02 Å². The molecule has 0 aliphatic heterocycles. The molecule has 0 aliphatic rings. The highest BCUT2D eigenvalue weighted by molar-refractivity contribution is 7.89. The van der Waals surface area contributed by atoms with Gasteiger partial charge in [-0.2, -0.15) is 17.5 Å². The molecule has 162 valence electrons. The van der Waals surface area contributed by atoms with Crippen molar-refractivity contribution in [2.45, 2.75) is 57.1 Å². The van der Waals surface area contributed by atoms with Crippen LogP contribution in [0.3, 0.4) is 0 Å². The molecule has 2 rings (SSSR count). The van der Waals surface area contributed by atoms with Crippen LogP contribution in [0.15, 0.2) is 27.5 Å². The van der Waals surface area contributed by atoms with Gasteiger partial charge in [-0.25, -0.2) is 8.42 Å². The molecule has 0 aliphatic carbocycles. The maximum atomic E-state index is 13.1. The zero-order chi connectivity index (χ0) is 22.4. The summed E-state index contributed by atoms with van der Waals surface area (Å²) in [5.74, 6) is 0.173. The minimum Gasteiger partial charge on any atom is -0.423 e. The molecule has 0 saturated carbocycles. The molecule has 0 fully saturated rings. The van der Waals surface area contributed by atoms with E-state index in [2.05, 4.69) is 10.2 Å². The predicted octanol–water partition coefficient (Wildman–Crippen LogP) is 5.06. The molecule has 0 saturated heterocycles. The van der Waals surface area contributed by atoms with Gasteiger partial charge in [0.15, 0.2) is 0 Å². The first kappa shape index (κ1) is 23.6. The number of aromatic nitrogens is 2. The lowest BCUT2D eigenvalue weighted by molar-refractivity contribution is -0.137. The molecule has 11 heteroatoms. The maximum Gasteiger partial charge on any atom is 0.416 e. The van der Waals surface area contributed by atoms with Gasteiger partial charge in [0.1, 0.15) is 10.9 Å². The Morgan fingerprint density at radius 2 is 1.72 bits per heavy atom. The first-order valence-electron chi connectivity index (χ1n) is 8.75. The van der Waals surface area contributed by atoms with Crippen molar-refractivity contribution in [3.05, 3.63) is 40.6 Å². The monoisotopic (exact) mass is 453 g/mol. The van der Waals surface area contributed by atoms with Crippen LogP contribution >= 0.6 is 11.6 Å². The van der Waals surface area contributed by atoms with Crippen molar-refractivity contribution in [2.24, 2.45) is 5.92 Å². The van der Waals surface area contributed by atoms with Crippen LogP contribution in [0, 0.1) is 5.92 Å². The molecular weight excluding hydrogens is 431 g/mol. The van der Waals surface area contributed by atoms with Crippen LogP contribution in [0.1, 0.15) is 58.0 Å². The van der Waals surface area contributed by atoms with Crippen molar-refractivity contribution >= 4 is 21.6 Å². The van der Waals surface area contributed by atoms with Gasteiger partial charge in [0.25, 0.3) is 0 Å². The third kappa shape index (κ3) is 4.92. The van der Waals surface area contributed by atoms with E-state index in [1.165, 1.54) is 7.05 Å². The van der Waals surface area contributed by atoms with E-state index in [9.17, 15) is 21.6 Å². The summed E-state index contributed by atoms with van der Waals surface area (Å²) in [6, 6.07) is 1.29. The van der Waals surface area contributed by atoms with Crippen LogP contribution < -0.4 is 0 Å². The lowest BCUT2D eigenvalue weighted by Crippen LogP contribution is -2.34. The largest absolute Gasteiger partial charge is 0.423 e. The van der Waals surface area contributed by atoms with Gasteiger partial charge < -0.3 is 4.42 Å². The van der Waals surface area contributed by atoms with Gasteiger partial charge in [-0.1, -0.05) is 46.2 Å². The van der Waals surface area contributed by atoms with Gasteiger partial charge in [0.05, 0.1) is 10.6 Å². The molecule has 1 heterocycles. The summed E-state index contributed by atoms with van der Waals surface area (Å²) in [7, 11) is -2.94. The van der Waals surface area contributed by atoms with E-state index < -0.39 is 43.1 Å². The van der Waals surface area contributed by atoms with Crippen molar-refractivity contribution in [3.63, 3.8) is 0 Å². The summed E-state index contributed by atoms with van der Waals surface area (Å²) in [6.45, 7) is 9.16.